The highest BCUT2D eigenvalue weighted by Crippen LogP contribution is 2.25. The summed E-state index contributed by atoms with van der Waals surface area (Å²) in [7, 11) is 0. The molecule has 1 atom stereocenters. The Labute approximate surface area is 142 Å². The van der Waals surface area contributed by atoms with Crippen LogP contribution in [0.5, 0.6) is 0 Å². The van der Waals surface area contributed by atoms with E-state index < -0.39 is 0 Å². The number of hydrogen-bond acceptors (Lipinski definition) is 2. The van der Waals surface area contributed by atoms with Gasteiger partial charge in [-0.05, 0) is 49.3 Å². The lowest BCUT2D eigenvalue weighted by Crippen LogP contribution is -2.46. The van der Waals surface area contributed by atoms with Crippen molar-refractivity contribution in [3.8, 4) is 0 Å². The minimum atomic E-state index is -0.299. The van der Waals surface area contributed by atoms with Gasteiger partial charge in [0, 0.05) is 19.6 Å². The lowest BCUT2D eigenvalue weighted by molar-refractivity contribution is -0.135. The third kappa shape index (κ3) is 4.34. The molecule has 0 spiro atoms. The van der Waals surface area contributed by atoms with Gasteiger partial charge in [0.25, 0.3) is 0 Å². The van der Waals surface area contributed by atoms with Crippen molar-refractivity contribution in [3.05, 3.63) is 35.6 Å². The van der Waals surface area contributed by atoms with E-state index >= 15 is 0 Å². The van der Waals surface area contributed by atoms with Gasteiger partial charge < -0.3 is 10.2 Å². The van der Waals surface area contributed by atoms with E-state index in [0.717, 1.165) is 24.9 Å². The highest BCUT2D eigenvalue weighted by Gasteiger charge is 2.29. The standard InChI is InChI=1S/C19H25FN2O2/c20-17-8-6-14(7-9-17)11-18(23)22-10-2-5-16(13-22)19(24)21-12-15-3-1-4-15/h6-9,15-16H,1-5,10-13H2,(H,21,24)/t16-/m1/s1. The van der Waals surface area contributed by atoms with Crippen molar-refractivity contribution in [1.82, 2.24) is 10.2 Å². The van der Waals surface area contributed by atoms with Crippen LogP contribution in [0.15, 0.2) is 24.3 Å². The lowest BCUT2D eigenvalue weighted by atomic mass is 9.85. The quantitative estimate of drug-likeness (QED) is 0.901. The Balaban J connectivity index is 1.49. The first-order valence-electron chi connectivity index (χ1n) is 8.92. The van der Waals surface area contributed by atoms with E-state index in [-0.39, 0.29) is 30.0 Å². The summed E-state index contributed by atoms with van der Waals surface area (Å²) >= 11 is 0. The molecule has 130 valence electrons. The third-order valence-electron chi connectivity index (χ3n) is 5.20. The Hall–Kier alpha value is -1.91. The normalized spacial score (nSPS) is 21.2. The highest BCUT2D eigenvalue weighted by molar-refractivity contribution is 5.82. The first kappa shape index (κ1) is 16.9. The van der Waals surface area contributed by atoms with Gasteiger partial charge in [-0.15, -0.1) is 0 Å². The van der Waals surface area contributed by atoms with Gasteiger partial charge in [-0.2, -0.15) is 0 Å². The summed E-state index contributed by atoms with van der Waals surface area (Å²) in [6, 6.07) is 6.02. The van der Waals surface area contributed by atoms with Crippen LogP contribution in [0.3, 0.4) is 0 Å². The van der Waals surface area contributed by atoms with E-state index in [0.29, 0.717) is 19.0 Å². The fourth-order valence-corrected chi connectivity index (χ4v) is 3.39. The Kier molecular flexibility index (Phi) is 5.48. The van der Waals surface area contributed by atoms with Crippen LogP contribution in [0.1, 0.15) is 37.7 Å². The number of nitrogens with one attached hydrogen (secondary N) is 1. The van der Waals surface area contributed by atoms with E-state index in [4.69, 9.17) is 0 Å². The van der Waals surface area contributed by atoms with E-state index in [1.807, 2.05) is 0 Å². The molecule has 0 aromatic heterocycles. The van der Waals surface area contributed by atoms with Crippen LogP contribution < -0.4 is 5.32 Å². The van der Waals surface area contributed by atoms with Crippen molar-refractivity contribution in [2.24, 2.45) is 11.8 Å². The molecule has 0 radical (unpaired) electrons. The Bertz CT molecular complexity index is 584. The number of likely N-dealkylation sites (tertiary alicyclic amines) is 1. The molecule has 1 saturated heterocycles. The van der Waals surface area contributed by atoms with Gasteiger partial charge in [0.05, 0.1) is 12.3 Å². The highest BCUT2D eigenvalue weighted by atomic mass is 19.1. The molecule has 1 aliphatic heterocycles. The minimum absolute atomic E-state index is 0.0121. The molecule has 2 fully saturated rings. The first-order chi connectivity index (χ1) is 11.6. The zero-order chi connectivity index (χ0) is 16.9. The van der Waals surface area contributed by atoms with Gasteiger partial charge in [-0.3, -0.25) is 9.59 Å². The van der Waals surface area contributed by atoms with E-state index in [9.17, 15) is 14.0 Å². The molecule has 1 N–H and O–H groups in total. The molecule has 0 unspecified atom stereocenters. The van der Waals surface area contributed by atoms with Gasteiger partial charge in [0.2, 0.25) is 11.8 Å². The van der Waals surface area contributed by atoms with Crippen molar-refractivity contribution in [2.45, 2.75) is 38.5 Å². The second kappa shape index (κ2) is 7.77. The monoisotopic (exact) mass is 332 g/mol. The zero-order valence-corrected chi connectivity index (χ0v) is 14.0. The van der Waals surface area contributed by atoms with Crippen molar-refractivity contribution in [3.63, 3.8) is 0 Å². The second-order valence-electron chi connectivity index (χ2n) is 7.02. The molecule has 2 amide bonds. The lowest BCUT2D eigenvalue weighted by Gasteiger charge is -2.33. The molecule has 1 aliphatic carbocycles. The van der Waals surface area contributed by atoms with Crippen LogP contribution in [0.4, 0.5) is 4.39 Å². The smallest absolute Gasteiger partial charge is 0.227 e. The van der Waals surface area contributed by atoms with Crippen molar-refractivity contribution in [2.75, 3.05) is 19.6 Å². The molecular weight excluding hydrogens is 307 g/mol. The topological polar surface area (TPSA) is 49.4 Å². The van der Waals surface area contributed by atoms with E-state index in [2.05, 4.69) is 5.32 Å². The fraction of sp³-hybridized carbons (Fsp3) is 0.579. The van der Waals surface area contributed by atoms with Crippen LogP contribution in [0, 0.1) is 17.7 Å². The maximum atomic E-state index is 12.9. The largest absolute Gasteiger partial charge is 0.356 e. The Morgan fingerprint density at radius 1 is 1.12 bits per heavy atom. The molecule has 1 heterocycles. The number of benzene rings is 1. The van der Waals surface area contributed by atoms with Crippen LogP contribution >= 0.6 is 0 Å². The number of hydrogen-bond donors (Lipinski definition) is 1. The first-order valence-corrected chi connectivity index (χ1v) is 8.92. The molecule has 2 aliphatic rings. The van der Waals surface area contributed by atoms with Gasteiger partial charge >= 0.3 is 0 Å². The number of piperidine rings is 1. The summed E-state index contributed by atoms with van der Waals surface area (Å²) in [6.45, 7) is 1.97. The maximum absolute atomic E-state index is 12.9. The predicted molar refractivity (Wildman–Crippen MR) is 89.8 cm³/mol. The van der Waals surface area contributed by atoms with Crippen molar-refractivity contribution >= 4 is 11.8 Å². The number of halogens is 1. The number of nitrogens with zero attached hydrogens (tertiary/aromatic N) is 1. The van der Waals surface area contributed by atoms with Gasteiger partial charge in [0.1, 0.15) is 5.82 Å². The molecule has 24 heavy (non-hydrogen) atoms. The average Bonchev–Trinajstić information content (AvgIpc) is 2.55. The summed E-state index contributed by atoms with van der Waals surface area (Å²) in [5, 5.41) is 3.05. The van der Waals surface area contributed by atoms with Crippen LogP contribution in [0.25, 0.3) is 0 Å². The zero-order valence-electron chi connectivity index (χ0n) is 14.0. The Morgan fingerprint density at radius 3 is 2.54 bits per heavy atom. The SMILES string of the molecule is O=C(NCC1CCC1)[C@@H]1CCCN(C(=O)Cc2ccc(F)cc2)C1. The molecule has 1 saturated carbocycles. The summed E-state index contributed by atoms with van der Waals surface area (Å²) in [5.74, 6) is 0.344. The second-order valence-corrected chi connectivity index (χ2v) is 7.02. The van der Waals surface area contributed by atoms with Crippen LogP contribution in [-0.4, -0.2) is 36.3 Å². The number of carbonyl (C=O) groups is 2. The molecular formula is C19H25FN2O2. The van der Waals surface area contributed by atoms with Crippen LogP contribution in [-0.2, 0) is 16.0 Å². The molecule has 4 nitrogen and oxygen atoms in total. The summed E-state index contributed by atoms with van der Waals surface area (Å²) in [5.41, 5.74) is 0.804. The Morgan fingerprint density at radius 2 is 1.88 bits per heavy atom. The molecule has 1 aromatic carbocycles. The van der Waals surface area contributed by atoms with Crippen molar-refractivity contribution in [1.29, 1.82) is 0 Å². The van der Waals surface area contributed by atoms with Crippen molar-refractivity contribution < 1.29 is 14.0 Å². The van der Waals surface area contributed by atoms with E-state index in [1.54, 1.807) is 17.0 Å². The fourth-order valence-electron chi connectivity index (χ4n) is 3.39. The maximum Gasteiger partial charge on any atom is 0.227 e. The predicted octanol–water partition coefficient (Wildman–Crippen LogP) is 2.52. The van der Waals surface area contributed by atoms with Crippen LogP contribution in [0.2, 0.25) is 0 Å². The van der Waals surface area contributed by atoms with Gasteiger partial charge in [-0.25, -0.2) is 4.39 Å². The van der Waals surface area contributed by atoms with E-state index in [1.165, 1.54) is 31.4 Å². The van der Waals surface area contributed by atoms with Gasteiger partial charge in [-0.1, -0.05) is 18.6 Å². The molecule has 5 heteroatoms. The summed E-state index contributed by atoms with van der Waals surface area (Å²) in [6.07, 6.45) is 5.67. The summed E-state index contributed by atoms with van der Waals surface area (Å²) in [4.78, 5) is 26.5. The number of rotatable bonds is 5. The molecule has 0 bridgehead atoms. The number of carbonyl (C=O) groups excluding carboxylic acids is 2. The van der Waals surface area contributed by atoms with Gasteiger partial charge in [0.15, 0.2) is 0 Å². The average molecular weight is 332 g/mol. The third-order valence-corrected chi connectivity index (χ3v) is 5.20. The number of amides is 2. The molecule has 3 rings (SSSR count). The molecule has 1 aromatic rings. The minimum Gasteiger partial charge on any atom is -0.356 e. The summed E-state index contributed by atoms with van der Waals surface area (Å²) < 4.78 is 12.9.